The summed E-state index contributed by atoms with van der Waals surface area (Å²) in [6, 6.07) is 17.4. The van der Waals surface area contributed by atoms with Crippen LogP contribution in [0.15, 0.2) is 54.6 Å². The van der Waals surface area contributed by atoms with Crippen molar-refractivity contribution in [1.82, 2.24) is 0 Å². The van der Waals surface area contributed by atoms with E-state index in [4.69, 9.17) is 9.47 Å². The number of hydrogen-bond donors (Lipinski definition) is 3. The molecule has 5 nitrogen and oxygen atoms in total. The van der Waals surface area contributed by atoms with Gasteiger partial charge >= 0.3 is 0 Å². The second-order valence-corrected chi connectivity index (χ2v) is 6.05. The lowest BCUT2D eigenvalue weighted by Crippen LogP contribution is -2.56. The second kappa shape index (κ2) is 7.32. The molecule has 0 amide bonds. The van der Waals surface area contributed by atoms with Crippen molar-refractivity contribution in [3.8, 4) is 16.9 Å². The first kappa shape index (κ1) is 16.9. The third-order valence-electron chi connectivity index (χ3n) is 4.40. The van der Waals surface area contributed by atoms with Gasteiger partial charge in [-0.2, -0.15) is 0 Å². The lowest BCUT2D eigenvalue weighted by Gasteiger charge is -2.40. The molecule has 5 atom stereocenters. The maximum absolute atomic E-state index is 10.2. The lowest BCUT2D eigenvalue weighted by atomic mass is 9.92. The summed E-state index contributed by atoms with van der Waals surface area (Å²) in [5, 5.41) is 29.4. The van der Waals surface area contributed by atoms with Crippen LogP contribution in [0.3, 0.4) is 0 Å². The summed E-state index contributed by atoms with van der Waals surface area (Å²) in [7, 11) is 0. The Bertz CT molecular complexity index is 658. The van der Waals surface area contributed by atoms with Gasteiger partial charge in [0, 0.05) is 11.5 Å². The monoisotopic (exact) mass is 330 g/mol. The third kappa shape index (κ3) is 3.30. The van der Waals surface area contributed by atoms with E-state index in [1.807, 2.05) is 54.6 Å². The van der Waals surface area contributed by atoms with Crippen molar-refractivity contribution in [3.63, 3.8) is 0 Å². The van der Waals surface area contributed by atoms with Gasteiger partial charge < -0.3 is 24.8 Å². The summed E-state index contributed by atoms with van der Waals surface area (Å²) in [6.45, 7) is 1.36. The summed E-state index contributed by atoms with van der Waals surface area (Å²) in [5.74, 6) is 0.187. The predicted octanol–water partition coefficient (Wildman–Crippen LogP) is 1.81. The Morgan fingerprint density at radius 3 is 2.33 bits per heavy atom. The van der Waals surface area contributed by atoms with Crippen LogP contribution in [0.5, 0.6) is 5.75 Å². The summed E-state index contributed by atoms with van der Waals surface area (Å²) in [4.78, 5) is 0. The molecule has 1 aliphatic rings. The highest BCUT2D eigenvalue weighted by atomic mass is 16.7. The van der Waals surface area contributed by atoms with Gasteiger partial charge in [-0.1, -0.05) is 55.5 Å². The summed E-state index contributed by atoms with van der Waals surface area (Å²) in [6.07, 6.45) is -3.78. The number of hydrogen-bond acceptors (Lipinski definition) is 5. The fourth-order valence-corrected chi connectivity index (χ4v) is 2.91. The summed E-state index contributed by atoms with van der Waals surface area (Å²) >= 11 is 0. The number of aliphatic hydroxyl groups excluding tert-OH is 3. The first-order chi connectivity index (χ1) is 11.6. The van der Waals surface area contributed by atoms with E-state index in [1.165, 1.54) is 0 Å². The van der Waals surface area contributed by atoms with Crippen molar-refractivity contribution in [2.24, 2.45) is 5.92 Å². The molecule has 3 rings (SSSR count). The van der Waals surface area contributed by atoms with E-state index in [0.29, 0.717) is 5.75 Å². The first-order valence-corrected chi connectivity index (χ1v) is 8.05. The highest BCUT2D eigenvalue weighted by molar-refractivity contribution is 5.70. The SMILES string of the molecule is C[C@H]1[C@H](Oc2ccccc2-c2ccccc2)O[C@H](CO)[C@H](O)[C@@H]1O. The van der Waals surface area contributed by atoms with Gasteiger partial charge in [0.2, 0.25) is 6.29 Å². The van der Waals surface area contributed by atoms with Crippen LogP contribution in [0.2, 0.25) is 0 Å². The van der Waals surface area contributed by atoms with Gasteiger partial charge in [0.1, 0.15) is 18.0 Å². The van der Waals surface area contributed by atoms with E-state index >= 15 is 0 Å². The maximum atomic E-state index is 10.2. The normalized spacial score (nSPS) is 30.1. The molecule has 24 heavy (non-hydrogen) atoms. The van der Waals surface area contributed by atoms with E-state index in [0.717, 1.165) is 11.1 Å². The van der Waals surface area contributed by atoms with Gasteiger partial charge in [0.05, 0.1) is 12.7 Å². The Hall–Kier alpha value is -1.92. The van der Waals surface area contributed by atoms with Crippen LogP contribution in [0.4, 0.5) is 0 Å². The summed E-state index contributed by atoms with van der Waals surface area (Å²) < 4.78 is 11.6. The molecule has 1 saturated heterocycles. The molecule has 128 valence electrons. The molecule has 1 aliphatic heterocycles. The molecule has 0 unspecified atom stereocenters. The van der Waals surface area contributed by atoms with Crippen molar-refractivity contribution >= 4 is 0 Å². The van der Waals surface area contributed by atoms with Crippen LogP contribution in [-0.2, 0) is 4.74 Å². The average Bonchev–Trinajstić information content (AvgIpc) is 2.63. The minimum Gasteiger partial charge on any atom is -0.464 e. The first-order valence-electron chi connectivity index (χ1n) is 8.05. The molecular formula is C19H22O5. The molecule has 0 spiro atoms. The molecule has 2 aromatic rings. The van der Waals surface area contributed by atoms with Crippen LogP contribution in [0.25, 0.3) is 11.1 Å². The van der Waals surface area contributed by atoms with Crippen molar-refractivity contribution in [2.45, 2.75) is 31.5 Å². The predicted molar refractivity (Wildman–Crippen MR) is 89.4 cm³/mol. The van der Waals surface area contributed by atoms with E-state index in [2.05, 4.69) is 0 Å². The molecule has 0 saturated carbocycles. The summed E-state index contributed by atoms with van der Waals surface area (Å²) in [5.41, 5.74) is 1.92. The standard InChI is InChI=1S/C19H22O5/c1-12-17(21)18(22)16(11-20)24-19(12)23-15-10-6-5-9-14(15)13-7-3-2-4-8-13/h2-10,12,16-22H,11H2,1H3/t12-,16-,17-,18+,19-/m1/s1. The van der Waals surface area contributed by atoms with Gasteiger partial charge in [-0.25, -0.2) is 0 Å². The van der Waals surface area contributed by atoms with Crippen LogP contribution in [-0.4, -0.2) is 46.5 Å². The van der Waals surface area contributed by atoms with Crippen molar-refractivity contribution in [3.05, 3.63) is 54.6 Å². The molecule has 0 aromatic heterocycles. The van der Waals surface area contributed by atoms with Gasteiger partial charge in [-0.05, 0) is 11.6 Å². The largest absolute Gasteiger partial charge is 0.464 e. The highest BCUT2D eigenvalue weighted by Gasteiger charge is 2.43. The van der Waals surface area contributed by atoms with Gasteiger partial charge in [-0.15, -0.1) is 0 Å². The molecule has 0 aliphatic carbocycles. The number of aliphatic hydroxyl groups is 3. The molecule has 0 bridgehead atoms. The van der Waals surface area contributed by atoms with Crippen molar-refractivity contribution < 1.29 is 24.8 Å². The van der Waals surface area contributed by atoms with Crippen molar-refractivity contribution in [1.29, 1.82) is 0 Å². The van der Waals surface area contributed by atoms with Gasteiger partial charge in [-0.3, -0.25) is 0 Å². The van der Waals surface area contributed by atoms with Crippen molar-refractivity contribution in [2.75, 3.05) is 6.61 Å². The minimum atomic E-state index is -1.13. The maximum Gasteiger partial charge on any atom is 0.205 e. The van der Waals surface area contributed by atoms with E-state index in [1.54, 1.807) is 6.92 Å². The molecule has 0 radical (unpaired) electrons. The molecular weight excluding hydrogens is 308 g/mol. The zero-order valence-corrected chi connectivity index (χ0v) is 13.4. The van der Waals surface area contributed by atoms with Gasteiger partial charge in [0.15, 0.2) is 0 Å². The Balaban J connectivity index is 1.86. The zero-order valence-electron chi connectivity index (χ0n) is 13.4. The highest BCUT2D eigenvalue weighted by Crippen LogP contribution is 2.34. The van der Waals surface area contributed by atoms with E-state index < -0.39 is 30.5 Å². The lowest BCUT2D eigenvalue weighted by molar-refractivity contribution is -0.256. The molecule has 1 heterocycles. The number of para-hydroxylation sites is 1. The quantitative estimate of drug-likeness (QED) is 0.797. The molecule has 3 N–H and O–H groups in total. The van der Waals surface area contributed by atoms with E-state index in [-0.39, 0.29) is 6.61 Å². The fraction of sp³-hybridized carbons (Fsp3) is 0.368. The zero-order chi connectivity index (χ0) is 17.1. The van der Waals surface area contributed by atoms with Crippen LogP contribution < -0.4 is 4.74 Å². The number of rotatable bonds is 4. The van der Waals surface area contributed by atoms with Crippen LogP contribution >= 0.6 is 0 Å². The molecule has 2 aromatic carbocycles. The average molecular weight is 330 g/mol. The Morgan fingerprint density at radius 1 is 0.958 bits per heavy atom. The fourth-order valence-electron chi connectivity index (χ4n) is 2.91. The number of ether oxygens (including phenoxy) is 2. The Kier molecular flexibility index (Phi) is 5.16. The van der Waals surface area contributed by atoms with Crippen LogP contribution in [0, 0.1) is 5.92 Å². The molecule has 1 fully saturated rings. The van der Waals surface area contributed by atoms with Crippen LogP contribution in [0.1, 0.15) is 6.92 Å². The Morgan fingerprint density at radius 2 is 1.62 bits per heavy atom. The second-order valence-electron chi connectivity index (χ2n) is 6.05. The Labute approximate surface area is 141 Å². The molecule has 5 heteroatoms. The smallest absolute Gasteiger partial charge is 0.205 e. The third-order valence-corrected chi connectivity index (χ3v) is 4.40. The number of benzene rings is 2. The van der Waals surface area contributed by atoms with E-state index in [9.17, 15) is 15.3 Å². The minimum absolute atomic E-state index is 0.384. The van der Waals surface area contributed by atoms with Gasteiger partial charge in [0.25, 0.3) is 0 Å². The topological polar surface area (TPSA) is 79.2 Å².